The van der Waals surface area contributed by atoms with Crippen molar-refractivity contribution in [2.75, 3.05) is 0 Å². The molecular formula is C12H13FO. The van der Waals surface area contributed by atoms with Crippen molar-refractivity contribution in [3.8, 4) is 0 Å². The average molecular weight is 192 g/mol. The molecule has 0 spiro atoms. The SMILES string of the molecule is CC(=O)Cc1cc(C2CC2)ccc1F. The van der Waals surface area contributed by atoms with Crippen LogP contribution in [0.5, 0.6) is 0 Å². The van der Waals surface area contributed by atoms with E-state index in [1.54, 1.807) is 0 Å². The van der Waals surface area contributed by atoms with Gasteiger partial charge in [-0.15, -0.1) is 0 Å². The first-order valence-corrected chi connectivity index (χ1v) is 4.94. The van der Waals surface area contributed by atoms with Crippen LogP contribution in [0.25, 0.3) is 0 Å². The molecule has 1 saturated carbocycles. The second kappa shape index (κ2) is 3.52. The normalized spacial score (nSPS) is 15.6. The van der Waals surface area contributed by atoms with E-state index in [-0.39, 0.29) is 18.0 Å². The maximum absolute atomic E-state index is 13.3. The van der Waals surface area contributed by atoms with Crippen LogP contribution >= 0.6 is 0 Å². The van der Waals surface area contributed by atoms with Gasteiger partial charge in [0, 0.05) is 6.42 Å². The van der Waals surface area contributed by atoms with Gasteiger partial charge < -0.3 is 0 Å². The Morgan fingerprint density at radius 2 is 2.21 bits per heavy atom. The number of Topliss-reactive ketones (excluding diaryl/α,β-unsaturated/α-hetero) is 1. The highest BCUT2D eigenvalue weighted by molar-refractivity contribution is 5.78. The van der Waals surface area contributed by atoms with Crippen molar-refractivity contribution in [1.82, 2.24) is 0 Å². The molecule has 0 aromatic heterocycles. The second-order valence-electron chi connectivity index (χ2n) is 4.00. The summed E-state index contributed by atoms with van der Waals surface area (Å²) in [6.07, 6.45) is 2.61. The summed E-state index contributed by atoms with van der Waals surface area (Å²) >= 11 is 0. The number of hydrogen-bond donors (Lipinski definition) is 0. The van der Waals surface area contributed by atoms with E-state index < -0.39 is 0 Å². The Balaban J connectivity index is 2.26. The Morgan fingerprint density at radius 3 is 2.79 bits per heavy atom. The third-order valence-corrected chi connectivity index (χ3v) is 2.56. The lowest BCUT2D eigenvalue weighted by Crippen LogP contribution is -2.00. The number of carbonyl (C=O) groups is 1. The Kier molecular flexibility index (Phi) is 2.36. The predicted octanol–water partition coefficient (Wildman–Crippen LogP) is 2.83. The molecule has 2 rings (SSSR count). The molecule has 14 heavy (non-hydrogen) atoms. The number of halogens is 1. The second-order valence-corrected chi connectivity index (χ2v) is 4.00. The fourth-order valence-corrected chi connectivity index (χ4v) is 1.67. The molecule has 1 nitrogen and oxygen atoms in total. The monoisotopic (exact) mass is 192 g/mol. The van der Waals surface area contributed by atoms with Gasteiger partial charge in [0.05, 0.1) is 0 Å². The van der Waals surface area contributed by atoms with Crippen molar-refractivity contribution in [1.29, 1.82) is 0 Å². The summed E-state index contributed by atoms with van der Waals surface area (Å²) in [5.41, 5.74) is 1.73. The first kappa shape index (κ1) is 9.38. The first-order chi connectivity index (χ1) is 6.66. The van der Waals surface area contributed by atoms with Crippen molar-refractivity contribution in [3.63, 3.8) is 0 Å². The molecule has 1 aliphatic carbocycles. The number of rotatable bonds is 3. The van der Waals surface area contributed by atoms with Crippen LogP contribution in [0.4, 0.5) is 4.39 Å². The zero-order valence-electron chi connectivity index (χ0n) is 8.22. The van der Waals surface area contributed by atoms with Gasteiger partial charge in [-0.1, -0.05) is 12.1 Å². The van der Waals surface area contributed by atoms with E-state index in [4.69, 9.17) is 0 Å². The summed E-state index contributed by atoms with van der Waals surface area (Å²) in [7, 11) is 0. The van der Waals surface area contributed by atoms with Gasteiger partial charge in [-0.3, -0.25) is 4.79 Å². The lowest BCUT2D eigenvalue weighted by atomic mass is 10.0. The molecule has 0 unspecified atom stereocenters. The zero-order valence-corrected chi connectivity index (χ0v) is 8.22. The molecule has 74 valence electrons. The van der Waals surface area contributed by atoms with Crippen molar-refractivity contribution in [3.05, 3.63) is 35.1 Å². The average Bonchev–Trinajstić information content (AvgIpc) is 2.91. The topological polar surface area (TPSA) is 17.1 Å². The van der Waals surface area contributed by atoms with Gasteiger partial charge >= 0.3 is 0 Å². The third kappa shape index (κ3) is 2.00. The standard InChI is InChI=1S/C12H13FO/c1-8(14)6-11-7-10(9-2-3-9)4-5-12(11)13/h4-5,7,9H,2-3,6H2,1H3. The maximum Gasteiger partial charge on any atom is 0.134 e. The molecule has 0 heterocycles. The molecule has 0 N–H and O–H groups in total. The number of hydrogen-bond acceptors (Lipinski definition) is 1. The summed E-state index contributed by atoms with van der Waals surface area (Å²) in [6, 6.07) is 5.15. The first-order valence-electron chi connectivity index (χ1n) is 4.94. The smallest absolute Gasteiger partial charge is 0.134 e. The minimum atomic E-state index is -0.260. The minimum absolute atomic E-state index is 0.0110. The maximum atomic E-state index is 13.3. The van der Waals surface area contributed by atoms with E-state index in [1.807, 2.05) is 12.1 Å². The van der Waals surface area contributed by atoms with Gasteiger partial charge in [-0.25, -0.2) is 4.39 Å². The Morgan fingerprint density at radius 1 is 1.50 bits per heavy atom. The molecule has 0 saturated heterocycles. The highest BCUT2D eigenvalue weighted by Gasteiger charge is 2.24. The van der Waals surface area contributed by atoms with Gasteiger partial charge in [0.1, 0.15) is 11.6 Å². The van der Waals surface area contributed by atoms with E-state index >= 15 is 0 Å². The summed E-state index contributed by atoms with van der Waals surface area (Å²) in [5, 5.41) is 0. The van der Waals surface area contributed by atoms with Gasteiger partial charge in [-0.05, 0) is 42.9 Å². The van der Waals surface area contributed by atoms with Crippen LogP contribution in [0.15, 0.2) is 18.2 Å². The lowest BCUT2D eigenvalue weighted by Gasteiger charge is -2.03. The molecule has 0 amide bonds. The van der Waals surface area contributed by atoms with Crippen molar-refractivity contribution in [2.45, 2.75) is 32.1 Å². The summed E-state index contributed by atoms with van der Waals surface area (Å²) in [6.45, 7) is 1.49. The number of carbonyl (C=O) groups excluding carboxylic acids is 1. The zero-order chi connectivity index (χ0) is 10.1. The van der Waals surface area contributed by atoms with Crippen molar-refractivity contribution in [2.24, 2.45) is 0 Å². The van der Waals surface area contributed by atoms with Crippen LogP contribution in [0.3, 0.4) is 0 Å². The highest BCUT2D eigenvalue weighted by atomic mass is 19.1. The largest absolute Gasteiger partial charge is 0.300 e. The fourth-order valence-electron chi connectivity index (χ4n) is 1.67. The van der Waals surface area contributed by atoms with Gasteiger partial charge in [-0.2, -0.15) is 0 Å². The van der Waals surface area contributed by atoms with Crippen LogP contribution in [-0.2, 0) is 11.2 Å². The van der Waals surface area contributed by atoms with E-state index in [0.29, 0.717) is 11.5 Å². The highest BCUT2D eigenvalue weighted by Crippen LogP contribution is 2.40. The molecule has 0 bridgehead atoms. The van der Waals surface area contributed by atoms with Crippen LogP contribution in [0.1, 0.15) is 36.8 Å². The Bertz CT molecular complexity index is 367. The van der Waals surface area contributed by atoms with E-state index in [1.165, 1.54) is 31.4 Å². The summed E-state index contributed by atoms with van der Waals surface area (Å²) in [4.78, 5) is 10.9. The molecule has 1 aromatic rings. The molecule has 0 aliphatic heterocycles. The van der Waals surface area contributed by atoms with Crippen LogP contribution < -0.4 is 0 Å². The Labute approximate surface area is 82.9 Å². The molecule has 1 fully saturated rings. The van der Waals surface area contributed by atoms with Crippen molar-refractivity contribution < 1.29 is 9.18 Å². The quantitative estimate of drug-likeness (QED) is 0.719. The molecule has 1 aromatic carbocycles. The minimum Gasteiger partial charge on any atom is -0.300 e. The predicted molar refractivity (Wildman–Crippen MR) is 52.8 cm³/mol. The molecule has 2 heteroatoms. The van der Waals surface area contributed by atoms with Crippen LogP contribution in [0, 0.1) is 5.82 Å². The summed E-state index contributed by atoms with van der Waals surface area (Å²) in [5.74, 6) is 0.364. The molecule has 1 aliphatic rings. The van der Waals surface area contributed by atoms with Gasteiger partial charge in [0.2, 0.25) is 0 Å². The molecule has 0 radical (unpaired) electrons. The van der Waals surface area contributed by atoms with E-state index in [9.17, 15) is 9.18 Å². The van der Waals surface area contributed by atoms with Crippen LogP contribution in [-0.4, -0.2) is 5.78 Å². The van der Waals surface area contributed by atoms with E-state index in [0.717, 1.165) is 0 Å². The molecular weight excluding hydrogens is 179 g/mol. The lowest BCUT2D eigenvalue weighted by molar-refractivity contribution is -0.116. The number of ketones is 1. The number of benzene rings is 1. The van der Waals surface area contributed by atoms with Crippen molar-refractivity contribution >= 4 is 5.78 Å². The molecule has 0 atom stereocenters. The Hall–Kier alpha value is -1.18. The van der Waals surface area contributed by atoms with E-state index in [2.05, 4.69) is 0 Å². The fraction of sp³-hybridized carbons (Fsp3) is 0.417. The van der Waals surface area contributed by atoms with Gasteiger partial charge in [0.15, 0.2) is 0 Å². The summed E-state index contributed by atoms with van der Waals surface area (Å²) < 4.78 is 13.3. The van der Waals surface area contributed by atoms with Crippen LogP contribution in [0.2, 0.25) is 0 Å². The third-order valence-electron chi connectivity index (χ3n) is 2.56. The van der Waals surface area contributed by atoms with Gasteiger partial charge in [0.25, 0.3) is 0 Å².